The monoisotopic (exact) mass is 416 g/mol. The van der Waals surface area contributed by atoms with E-state index in [0.717, 1.165) is 11.1 Å². The number of rotatable bonds is 8. The standard InChI is InChI=1S/C23H24N6O2/c1-16(2)18-8-10-19(11-9-18)22-26-21(31-28-22)13-12-20(30)25-23-24-15-29(27-23)14-17-6-4-3-5-7-17/h3-11,15-16H,12-14H2,1-2H3,(H,25,27,30). The highest BCUT2D eigenvalue weighted by molar-refractivity contribution is 5.88. The molecule has 0 bridgehead atoms. The number of aromatic nitrogens is 5. The normalized spacial score (nSPS) is 11.1. The topological polar surface area (TPSA) is 98.7 Å². The Hall–Kier alpha value is -3.81. The number of nitrogens with one attached hydrogen (secondary N) is 1. The zero-order valence-corrected chi connectivity index (χ0v) is 17.5. The molecule has 0 atom stereocenters. The van der Waals surface area contributed by atoms with E-state index < -0.39 is 0 Å². The van der Waals surface area contributed by atoms with Crippen LogP contribution in [0.2, 0.25) is 0 Å². The molecule has 0 radical (unpaired) electrons. The number of carbonyl (C=O) groups excluding carboxylic acids is 1. The molecule has 8 heteroatoms. The number of hydrogen-bond acceptors (Lipinski definition) is 6. The fraction of sp³-hybridized carbons (Fsp3) is 0.261. The van der Waals surface area contributed by atoms with Crippen LogP contribution in [0.4, 0.5) is 5.95 Å². The molecule has 2 aromatic carbocycles. The van der Waals surface area contributed by atoms with Gasteiger partial charge in [-0.15, -0.1) is 5.10 Å². The van der Waals surface area contributed by atoms with Gasteiger partial charge in [-0.3, -0.25) is 10.1 Å². The Morgan fingerprint density at radius 1 is 1.10 bits per heavy atom. The number of carbonyl (C=O) groups is 1. The summed E-state index contributed by atoms with van der Waals surface area (Å²) < 4.78 is 6.97. The lowest BCUT2D eigenvalue weighted by atomic mass is 10.0. The van der Waals surface area contributed by atoms with Crippen molar-refractivity contribution >= 4 is 11.9 Å². The summed E-state index contributed by atoms with van der Waals surface area (Å²) in [7, 11) is 0. The summed E-state index contributed by atoms with van der Waals surface area (Å²) in [6.45, 7) is 4.89. The van der Waals surface area contributed by atoms with Crippen molar-refractivity contribution in [1.82, 2.24) is 24.9 Å². The van der Waals surface area contributed by atoms with Crippen LogP contribution in [-0.4, -0.2) is 30.8 Å². The minimum Gasteiger partial charge on any atom is -0.339 e. The van der Waals surface area contributed by atoms with Gasteiger partial charge in [-0.25, -0.2) is 9.67 Å². The van der Waals surface area contributed by atoms with Crippen LogP contribution in [0, 0.1) is 0 Å². The average Bonchev–Trinajstić information content (AvgIpc) is 3.43. The van der Waals surface area contributed by atoms with Gasteiger partial charge in [-0.05, 0) is 17.0 Å². The summed E-state index contributed by atoms with van der Waals surface area (Å²) in [6, 6.07) is 18.0. The van der Waals surface area contributed by atoms with Crippen molar-refractivity contribution in [3.8, 4) is 11.4 Å². The first kappa shape index (κ1) is 20.5. The number of aryl methyl sites for hydroxylation is 1. The second-order valence-corrected chi connectivity index (χ2v) is 7.59. The molecule has 8 nitrogen and oxygen atoms in total. The van der Waals surface area contributed by atoms with Gasteiger partial charge < -0.3 is 4.52 Å². The van der Waals surface area contributed by atoms with Crippen molar-refractivity contribution < 1.29 is 9.32 Å². The highest BCUT2D eigenvalue weighted by Crippen LogP contribution is 2.20. The molecule has 0 aliphatic rings. The van der Waals surface area contributed by atoms with Gasteiger partial charge in [0.25, 0.3) is 0 Å². The van der Waals surface area contributed by atoms with E-state index in [0.29, 0.717) is 30.6 Å². The molecule has 1 N–H and O–H groups in total. The van der Waals surface area contributed by atoms with Gasteiger partial charge in [0, 0.05) is 18.4 Å². The van der Waals surface area contributed by atoms with Crippen LogP contribution in [0.15, 0.2) is 65.4 Å². The quantitative estimate of drug-likeness (QED) is 0.465. The molecule has 158 valence electrons. The molecule has 4 aromatic rings. The average molecular weight is 416 g/mol. The Kier molecular flexibility index (Phi) is 6.16. The maximum Gasteiger partial charge on any atom is 0.248 e. The summed E-state index contributed by atoms with van der Waals surface area (Å²) in [5.41, 5.74) is 3.25. The highest BCUT2D eigenvalue weighted by atomic mass is 16.5. The summed E-state index contributed by atoms with van der Waals surface area (Å²) >= 11 is 0. The molecule has 0 aliphatic carbocycles. The van der Waals surface area contributed by atoms with Crippen LogP contribution in [0.25, 0.3) is 11.4 Å². The van der Waals surface area contributed by atoms with E-state index in [-0.39, 0.29) is 18.3 Å². The Labute approximate surface area is 180 Å². The van der Waals surface area contributed by atoms with E-state index in [2.05, 4.69) is 51.5 Å². The lowest BCUT2D eigenvalue weighted by molar-refractivity contribution is -0.116. The Balaban J connectivity index is 1.28. The smallest absolute Gasteiger partial charge is 0.248 e. The third kappa shape index (κ3) is 5.42. The van der Waals surface area contributed by atoms with Crippen LogP contribution in [0.3, 0.4) is 0 Å². The Morgan fingerprint density at radius 2 is 1.87 bits per heavy atom. The lowest BCUT2D eigenvalue weighted by Gasteiger charge is -2.04. The van der Waals surface area contributed by atoms with Crippen LogP contribution in [-0.2, 0) is 17.8 Å². The van der Waals surface area contributed by atoms with Gasteiger partial charge in [0.05, 0.1) is 6.54 Å². The van der Waals surface area contributed by atoms with Crippen LogP contribution >= 0.6 is 0 Å². The predicted molar refractivity (Wildman–Crippen MR) is 116 cm³/mol. The van der Waals surface area contributed by atoms with Crippen LogP contribution < -0.4 is 5.32 Å². The third-order valence-corrected chi connectivity index (χ3v) is 4.84. The minimum atomic E-state index is -0.210. The first-order valence-electron chi connectivity index (χ1n) is 10.2. The van der Waals surface area contributed by atoms with Crippen molar-refractivity contribution in [2.24, 2.45) is 0 Å². The molecule has 0 fully saturated rings. The fourth-order valence-corrected chi connectivity index (χ4v) is 3.10. The largest absolute Gasteiger partial charge is 0.339 e. The summed E-state index contributed by atoms with van der Waals surface area (Å²) in [5.74, 6) is 1.47. The van der Waals surface area contributed by atoms with Gasteiger partial charge in [0.2, 0.25) is 23.6 Å². The van der Waals surface area contributed by atoms with E-state index in [9.17, 15) is 4.79 Å². The molecule has 0 saturated carbocycles. The molecule has 2 heterocycles. The van der Waals surface area contributed by atoms with Crippen molar-refractivity contribution in [3.63, 3.8) is 0 Å². The van der Waals surface area contributed by atoms with Crippen molar-refractivity contribution in [1.29, 1.82) is 0 Å². The molecule has 2 aromatic heterocycles. The minimum absolute atomic E-state index is 0.196. The molecule has 31 heavy (non-hydrogen) atoms. The number of benzene rings is 2. The molecular weight excluding hydrogens is 392 g/mol. The SMILES string of the molecule is CC(C)c1ccc(-c2noc(CCC(=O)Nc3ncn(Cc4ccccc4)n3)n2)cc1. The zero-order valence-electron chi connectivity index (χ0n) is 17.5. The number of amides is 1. The number of anilines is 1. The third-order valence-electron chi connectivity index (χ3n) is 4.84. The highest BCUT2D eigenvalue weighted by Gasteiger charge is 2.12. The summed E-state index contributed by atoms with van der Waals surface area (Å²) in [6.07, 6.45) is 2.13. The van der Waals surface area contributed by atoms with Gasteiger partial charge in [0.15, 0.2) is 0 Å². The maximum atomic E-state index is 12.2. The van der Waals surface area contributed by atoms with E-state index in [4.69, 9.17) is 4.52 Å². The summed E-state index contributed by atoms with van der Waals surface area (Å²) in [5, 5.41) is 11.0. The van der Waals surface area contributed by atoms with Crippen LogP contribution in [0.1, 0.15) is 43.2 Å². The molecule has 0 aliphatic heterocycles. The van der Waals surface area contributed by atoms with Crippen molar-refractivity contribution in [3.05, 3.63) is 77.9 Å². The molecule has 0 saturated heterocycles. The molecule has 4 rings (SSSR count). The van der Waals surface area contributed by atoms with Crippen LogP contribution in [0.5, 0.6) is 0 Å². The fourth-order valence-electron chi connectivity index (χ4n) is 3.10. The van der Waals surface area contributed by atoms with Crippen molar-refractivity contribution in [2.45, 2.75) is 39.2 Å². The van der Waals surface area contributed by atoms with Gasteiger partial charge in [-0.2, -0.15) is 4.98 Å². The van der Waals surface area contributed by atoms with E-state index in [1.165, 1.54) is 5.56 Å². The molecule has 1 amide bonds. The first-order valence-corrected chi connectivity index (χ1v) is 10.2. The van der Waals surface area contributed by atoms with Gasteiger partial charge in [0.1, 0.15) is 6.33 Å². The molecule has 0 unspecified atom stereocenters. The summed E-state index contributed by atoms with van der Waals surface area (Å²) in [4.78, 5) is 20.8. The van der Waals surface area contributed by atoms with E-state index in [1.807, 2.05) is 42.5 Å². The molecular formula is C23H24N6O2. The number of hydrogen-bond donors (Lipinski definition) is 1. The Morgan fingerprint density at radius 3 is 2.61 bits per heavy atom. The maximum absolute atomic E-state index is 12.2. The van der Waals surface area contributed by atoms with Gasteiger partial charge in [-0.1, -0.05) is 73.6 Å². The first-order chi connectivity index (χ1) is 15.1. The number of nitrogens with zero attached hydrogens (tertiary/aromatic N) is 5. The van der Waals surface area contributed by atoms with E-state index in [1.54, 1.807) is 11.0 Å². The zero-order chi connectivity index (χ0) is 21.6. The van der Waals surface area contributed by atoms with Gasteiger partial charge >= 0.3 is 0 Å². The van der Waals surface area contributed by atoms with Crippen molar-refractivity contribution in [2.75, 3.05) is 5.32 Å². The van der Waals surface area contributed by atoms with E-state index >= 15 is 0 Å². The second-order valence-electron chi connectivity index (χ2n) is 7.59. The lowest BCUT2D eigenvalue weighted by Crippen LogP contribution is -2.14. The Bertz CT molecular complexity index is 1130. The predicted octanol–water partition coefficient (Wildman–Crippen LogP) is 4.07. The second kappa shape index (κ2) is 9.34. The molecule has 0 spiro atoms.